The molecule has 0 aromatic rings. The highest BCUT2D eigenvalue weighted by Gasteiger charge is 2.38. The summed E-state index contributed by atoms with van der Waals surface area (Å²) in [4.78, 5) is 27.4. The third-order valence-corrected chi connectivity index (χ3v) is 5.34. The van der Waals surface area contributed by atoms with E-state index in [1.807, 2.05) is 0 Å². The van der Waals surface area contributed by atoms with Crippen molar-refractivity contribution in [2.24, 2.45) is 17.8 Å². The summed E-state index contributed by atoms with van der Waals surface area (Å²) in [5, 5.41) is 0. The second-order valence-electron chi connectivity index (χ2n) is 6.58. The fraction of sp³-hybridized carbons (Fsp3) is 0.867. The first-order valence-electron chi connectivity index (χ1n) is 7.68. The van der Waals surface area contributed by atoms with Crippen molar-refractivity contribution in [3.05, 3.63) is 0 Å². The number of hydrogen-bond acceptors (Lipinski definition) is 2. The van der Waals surface area contributed by atoms with E-state index in [-0.39, 0.29) is 17.7 Å². The molecular formula is C15H24N2O2. The minimum Gasteiger partial charge on any atom is -0.326 e. The van der Waals surface area contributed by atoms with E-state index in [4.69, 9.17) is 0 Å². The van der Waals surface area contributed by atoms with Crippen LogP contribution in [0.5, 0.6) is 0 Å². The first-order valence-corrected chi connectivity index (χ1v) is 7.68. The average Bonchev–Trinajstić information content (AvgIpc) is 2.77. The van der Waals surface area contributed by atoms with Gasteiger partial charge >= 0.3 is 0 Å². The van der Waals surface area contributed by atoms with E-state index in [0.29, 0.717) is 13.2 Å². The molecule has 0 spiro atoms. The number of rotatable bonds is 1. The lowest BCUT2D eigenvalue weighted by atomic mass is 9.67. The van der Waals surface area contributed by atoms with Crippen molar-refractivity contribution in [1.82, 2.24) is 9.80 Å². The predicted octanol–water partition coefficient (Wildman–Crippen LogP) is 1.85. The fourth-order valence-corrected chi connectivity index (χ4v) is 4.17. The molecule has 2 aliphatic carbocycles. The molecule has 19 heavy (non-hydrogen) atoms. The zero-order valence-corrected chi connectivity index (χ0v) is 11.8. The molecule has 3 fully saturated rings. The second kappa shape index (κ2) is 5.14. The van der Waals surface area contributed by atoms with Gasteiger partial charge in [-0.2, -0.15) is 0 Å². The van der Waals surface area contributed by atoms with Crippen molar-refractivity contribution >= 4 is 11.8 Å². The molecule has 1 aliphatic heterocycles. The molecule has 0 bridgehead atoms. The summed E-state index contributed by atoms with van der Waals surface area (Å²) in [6.07, 6.45) is 8.73. The first kappa shape index (κ1) is 12.9. The van der Waals surface area contributed by atoms with Crippen LogP contribution < -0.4 is 0 Å². The maximum absolute atomic E-state index is 12.5. The highest BCUT2D eigenvalue weighted by molar-refractivity contribution is 5.88. The van der Waals surface area contributed by atoms with Gasteiger partial charge in [0.15, 0.2) is 0 Å². The summed E-state index contributed by atoms with van der Waals surface area (Å²) in [5.74, 6) is 2.12. The molecule has 0 aromatic carbocycles. The second-order valence-corrected chi connectivity index (χ2v) is 6.58. The van der Waals surface area contributed by atoms with Crippen LogP contribution >= 0.6 is 0 Å². The lowest BCUT2D eigenvalue weighted by Gasteiger charge is -2.39. The molecule has 3 atom stereocenters. The van der Waals surface area contributed by atoms with E-state index in [1.165, 1.54) is 32.1 Å². The van der Waals surface area contributed by atoms with Gasteiger partial charge in [0.25, 0.3) is 0 Å². The standard InChI is InChI=1S/C15H24N2O2/c1-16-10-17(9-14(16)18)15(19)13-7-6-11-4-2-3-5-12(11)8-13/h11-13H,2-10H2,1H3. The monoisotopic (exact) mass is 264 g/mol. The van der Waals surface area contributed by atoms with Crippen molar-refractivity contribution < 1.29 is 9.59 Å². The molecule has 1 saturated heterocycles. The van der Waals surface area contributed by atoms with Crippen molar-refractivity contribution in [3.63, 3.8) is 0 Å². The molecule has 1 heterocycles. The first-order chi connectivity index (χ1) is 9.15. The fourth-order valence-electron chi connectivity index (χ4n) is 4.17. The molecule has 0 radical (unpaired) electrons. The van der Waals surface area contributed by atoms with Crippen LogP contribution in [0.2, 0.25) is 0 Å². The van der Waals surface area contributed by atoms with Gasteiger partial charge in [0.05, 0.1) is 6.67 Å². The molecule has 4 nitrogen and oxygen atoms in total. The van der Waals surface area contributed by atoms with Crippen LogP contribution in [0.25, 0.3) is 0 Å². The van der Waals surface area contributed by atoms with Crippen LogP contribution in [-0.4, -0.2) is 41.9 Å². The number of amides is 2. The third-order valence-electron chi connectivity index (χ3n) is 5.34. The summed E-state index contributed by atoms with van der Waals surface area (Å²) in [6.45, 7) is 0.780. The summed E-state index contributed by atoms with van der Waals surface area (Å²) < 4.78 is 0. The highest BCUT2D eigenvalue weighted by atomic mass is 16.2. The summed E-state index contributed by atoms with van der Waals surface area (Å²) >= 11 is 0. The van der Waals surface area contributed by atoms with Gasteiger partial charge < -0.3 is 9.80 Å². The minimum absolute atomic E-state index is 0.0692. The van der Waals surface area contributed by atoms with Gasteiger partial charge in [0, 0.05) is 13.0 Å². The van der Waals surface area contributed by atoms with E-state index in [0.717, 1.165) is 24.7 Å². The number of carbonyl (C=O) groups is 2. The smallest absolute Gasteiger partial charge is 0.243 e. The Hall–Kier alpha value is -1.06. The summed E-state index contributed by atoms with van der Waals surface area (Å²) in [5.41, 5.74) is 0. The van der Waals surface area contributed by atoms with Gasteiger partial charge in [0.1, 0.15) is 6.54 Å². The van der Waals surface area contributed by atoms with Gasteiger partial charge in [-0.15, -0.1) is 0 Å². The Labute approximate surface area is 115 Å². The van der Waals surface area contributed by atoms with Gasteiger partial charge in [-0.05, 0) is 31.1 Å². The highest BCUT2D eigenvalue weighted by Crippen LogP contribution is 2.43. The van der Waals surface area contributed by atoms with Gasteiger partial charge in [-0.3, -0.25) is 9.59 Å². The maximum atomic E-state index is 12.5. The quantitative estimate of drug-likeness (QED) is 0.725. The largest absolute Gasteiger partial charge is 0.326 e. The van der Waals surface area contributed by atoms with Crippen LogP contribution in [0.3, 0.4) is 0 Å². The number of likely N-dealkylation sites (N-methyl/N-ethyl adjacent to an activating group) is 1. The van der Waals surface area contributed by atoms with E-state index in [2.05, 4.69) is 0 Å². The van der Waals surface area contributed by atoms with Crippen LogP contribution in [0.4, 0.5) is 0 Å². The van der Waals surface area contributed by atoms with Crippen LogP contribution in [0.1, 0.15) is 44.9 Å². The molecule has 3 aliphatic rings. The Morgan fingerprint density at radius 1 is 1.11 bits per heavy atom. The molecule has 2 amide bonds. The Balaban J connectivity index is 1.60. The molecule has 0 N–H and O–H groups in total. The van der Waals surface area contributed by atoms with Gasteiger partial charge in [-0.25, -0.2) is 0 Å². The maximum Gasteiger partial charge on any atom is 0.243 e. The van der Waals surface area contributed by atoms with Crippen molar-refractivity contribution in [2.45, 2.75) is 44.9 Å². The predicted molar refractivity (Wildman–Crippen MR) is 72.1 cm³/mol. The van der Waals surface area contributed by atoms with Crippen LogP contribution in [-0.2, 0) is 9.59 Å². The lowest BCUT2D eigenvalue weighted by Crippen LogP contribution is -2.39. The number of carbonyl (C=O) groups excluding carboxylic acids is 2. The molecule has 106 valence electrons. The Morgan fingerprint density at radius 3 is 2.53 bits per heavy atom. The van der Waals surface area contributed by atoms with E-state index in [1.54, 1.807) is 16.8 Å². The molecule has 0 aromatic heterocycles. The zero-order chi connectivity index (χ0) is 13.4. The Bertz CT molecular complexity index is 382. The number of nitrogens with zero attached hydrogens (tertiary/aromatic N) is 2. The summed E-state index contributed by atoms with van der Waals surface area (Å²) in [7, 11) is 1.77. The summed E-state index contributed by atoms with van der Waals surface area (Å²) in [6, 6.07) is 0. The molecule has 3 rings (SSSR count). The van der Waals surface area contributed by atoms with E-state index >= 15 is 0 Å². The van der Waals surface area contributed by atoms with Crippen molar-refractivity contribution in [2.75, 3.05) is 20.3 Å². The number of hydrogen-bond donors (Lipinski definition) is 0. The van der Waals surface area contributed by atoms with Crippen molar-refractivity contribution in [1.29, 1.82) is 0 Å². The Morgan fingerprint density at radius 2 is 1.84 bits per heavy atom. The van der Waals surface area contributed by atoms with Crippen LogP contribution in [0.15, 0.2) is 0 Å². The zero-order valence-electron chi connectivity index (χ0n) is 11.8. The molecule has 2 saturated carbocycles. The SMILES string of the molecule is CN1CN(C(=O)C2CCC3CCCCC3C2)CC1=O. The average molecular weight is 264 g/mol. The van der Waals surface area contributed by atoms with E-state index in [9.17, 15) is 9.59 Å². The molecular weight excluding hydrogens is 240 g/mol. The topological polar surface area (TPSA) is 40.6 Å². The normalized spacial score (nSPS) is 35.4. The lowest BCUT2D eigenvalue weighted by molar-refractivity contribution is -0.137. The van der Waals surface area contributed by atoms with Gasteiger partial charge in [-0.1, -0.05) is 25.7 Å². The van der Waals surface area contributed by atoms with Crippen LogP contribution in [0, 0.1) is 17.8 Å². The van der Waals surface area contributed by atoms with Gasteiger partial charge in [0.2, 0.25) is 11.8 Å². The van der Waals surface area contributed by atoms with E-state index < -0.39 is 0 Å². The molecule has 3 unspecified atom stereocenters. The number of fused-ring (bicyclic) bond motifs is 1. The third kappa shape index (κ3) is 2.49. The minimum atomic E-state index is 0.0692. The molecule has 4 heteroatoms. The van der Waals surface area contributed by atoms with Crippen molar-refractivity contribution in [3.8, 4) is 0 Å². The Kier molecular flexibility index (Phi) is 3.50.